The van der Waals surface area contributed by atoms with Crippen LogP contribution in [0.2, 0.25) is 10.0 Å². The third-order valence-electron chi connectivity index (χ3n) is 2.49. The second kappa shape index (κ2) is 6.42. The maximum Gasteiger partial charge on any atom is 0.153 e. The van der Waals surface area contributed by atoms with E-state index in [2.05, 4.69) is 15.9 Å². The standard InChI is InChI=1S/C14H9BrCl2O2/c15-12-6-11(16)5-10(7-18)14(12)19-8-9-3-1-2-4-13(9)17/h1-7H,8H2. The summed E-state index contributed by atoms with van der Waals surface area (Å²) < 4.78 is 6.29. The second-order valence-electron chi connectivity index (χ2n) is 3.80. The Morgan fingerprint density at radius 3 is 2.63 bits per heavy atom. The molecule has 0 aliphatic heterocycles. The molecular formula is C14H9BrCl2O2. The highest BCUT2D eigenvalue weighted by atomic mass is 79.9. The van der Waals surface area contributed by atoms with Gasteiger partial charge in [0.05, 0.1) is 10.0 Å². The number of ether oxygens (including phenoxy) is 1. The SMILES string of the molecule is O=Cc1cc(Cl)cc(Br)c1OCc1ccccc1Cl. The van der Waals surface area contributed by atoms with Crippen molar-refractivity contribution in [3.63, 3.8) is 0 Å². The Bertz CT molecular complexity index is 614. The summed E-state index contributed by atoms with van der Waals surface area (Å²) >= 11 is 15.3. The number of carbonyl (C=O) groups excluding carboxylic acids is 1. The summed E-state index contributed by atoms with van der Waals surface area (Å²) in [6.45, 7) is 0.279. The van der Waals surface area contributed by atoms with Gasteiger partial charge in [-0.25, -0.2) is 0 Å². The van der Waals surface area contributed by atoms with Gasteiger partial charge in [-0.15, -0.1) is 0 Å². The van der Waals surface area contributed by atoms with Crippen LogP contribution < -0.4 is 4.74 Å². The Balaban J connectivity index is 2.25. The van der Waals surface area contributed by atoms with Crippen molar-refractivity contribution in [2.24, 2.45) is 0 Å². The fraction of sp³-hybridized carbons (Fsp3) is 0.0714. The molecule has 0 aromatic heterocycles. The molecule has 0 aliphatic rings. The average Bonchev–Trinajstić information content (AvgIpc) is 2.38. The number of rotatable bonds is 4. The van der Waals surface area contributed by atoms with Crippen LogP contribution in [0, 0.1) is 0 Å². The Morgan fingerprint density at radius 1 is 1.21 bits per heavy atom. The first-order valence-corrected chi connectivity index (χ1v) is 6.97. The lowest BCUT2D eigenvalue weighted by Crippen LogP contribution is -2.00. The van der Waals surface area contributed by atoms with E-state index in [9.17, 15) is 4.79 Å². The van der Waals surface area contributed by atoms with Crippen LogP contribution in [0.3, 0.4) is 0 Å². The Hall–Kier alpha value is -1.03. The third-order valence-corrected chi connectivity index (χ3v) is 3.67. The van der Waals surface area contributed by atoms with E-state index in [4.69, 9.17) is 27.9 Å². The molecule has 0 radical (unpaired) electrons. The van der Waals surface area contributed by atoms with Crippen molar-refractivity contribution >= 4 is 45.4 Å². The number of hydrogen-bond acceptors (Lipinski definition) is 2. The molecule has 0 saturated heterocycles. The van der Waals surface area contributed by atoms with E-state index in [1.165, 1.54) is 0 Å². The van der Waals surface area contributed by atoms with Gasteiger partial charge in [0.2, 0.25) is 0 Å². The van der Waals surface area contributed by atoms with Crippen molar-refractivity contribution in [2.45, 2.75) is 6.61 Å². The third kappa shape index (κ3) is 3.50. The van der Waals surface area contributed by atoms with Crippen molar-refractivity contribution in [3.05, 3.63) is 62.0 Å². The van der Waals surface area contributed by atoms with E-state index >= 15 is 0 Å². The molecule has 0 fully saturated rings. The van der Waals surface area contributed by atoms with Crippen molar-refractivity contribution in [1.29, 1.82) is 0 Å². The number of aldehydes is 1. The monoisotopic (exact) mass is 358 g/mol. The number of hydrogen-bond donors (Lipinski definition) is 0. The lowest BCUT2D eigenvalue weighted by Gasteiger charge is -2.11. The van der Waals surface area contributed by atoms with Gasteiger partial charge in [-0.05, 0) is 34.1 Å². The highest BCUT2D eigenvalue weighted by Gasteiger charge is 2.10. The zero-order valence-corrected chi connectivity index (χ0v) is 12.8. The summed E-state index contributed by atoms with van der Waals surface area (Å²) in [5.74, 6) is 0.458. The minimum Gasteiger partial charge on any atom is -0.487 e. The molecule has 0 unspecified atom stereocenters. The van der Waals surface area contributed by atoms with Crippen LogP contribution in [0.15, 0.2) is 40.9 Å². The second-order valence-corrected chi connectivity index (χ2v) is 5.50. The molecule has 0 heterocycles. The molecule has 0 bridgehead atoms. The average molecular weight is 360 g/mol. The molecule has 0 spiro atoms. The van der Waals surface area contributed by atoms with Crippen molar-refractivity contribution < 1.29 is 9.53 Å². The molecule has 19 heavy (non-hydrogen) atoms. The van der Waals surface area contributed by atoms with Gasteiger partial charge in [0.15, 0.2) is 6.29 Å². The van der Waals surface area contributed by atoms with Crippen LogP contribution >= 0.6 is 39.1 Å². The van der Waals surface area contributed by atoms with Gasteiger partial charge in [-0.2, -0.15) is 0 Å². The predicted molar refractivity (Wildman–Crippen MR) is 80.3 cm³/mol. The number of benzene rings is 2. The van der Waals surface area contributed by atoms with E-state index in [-0.39, 0.29) is 6.61 Å². The van der Waals surface area contributed by atoms with Gasteiger partial charge >= 0.3 is 0 Å². The van der Waals surface area contributed by atoms with E-state index in [1.807, 2.05) is 18.2 Å². The first kappa shape index (κ1) is 14.4. The lowest BCUT2D eigenvalue weighted by atomic mass is 10.2. The van der Waals surface area contributed by atoms with Crippen LogP contribution in [0.1, 0.15) is 15.9 Å². The summed E-state index contributed by atoms with van der Waals surface area (Å²) in [7, 11) is 0. The predicted octanol–water partition coefficient (Wildman–Crippen LogP) is 5.15. The molecule has 0 saturated carbocycles. The van der Waals surface area contributed by atoms with Crippen LogP contribution in [0.5, 0.6) is 5.75 Å². The van der Waals surface area contributed by atoms with Gasteiger partial charge in [-0.1, -0.05) is 41.4 Å². The largest absolute Gasteiger partial charge is 0.487 e. The van der Waals surface area contributed by atoms with Crippen molar-refractivity contribution in [1.82, 2.24) is 0 Å². The topological polar surface area (TPSA) is 26.3 Å². The van der Waals surface area contributed by atoms with Gasteiger partial charge in [0.1, 0.15) is 12.4 Å². The van der Waals surface area contributed by atoms with Crippen LogP contribution in [-0.4, -0.2) is 6.29 Å². The summed E-state index contributed by atoms with van der Waals surface area (Å²) in [6, 6.07) is 10.6. The smallest absolute Gasteiger partial charge is 0.153 e. The van der Waals surface area contributed by atoms with Crippen molar-refractivity contribution in [2.75, 3.05) is 0 Å². The maximum absolute atomic E-state index is 11.0. The maximum atomic E-state index is 11.0. The Morgan fingerprint density at radius 2 is 1.95 bits per heavy atom. The van der Waals surface area contributed by atoms with Gasteiger partial charge in [-0.3, -0.25) is 4.79 Å². The fourth-order valence-electron chi connectivity index (χ4n) is 1.59. The van der Waals surface area contributed by atoms with Crippen LogP contribution in [-0.2, 0) is 6.61 Å². The highest BCUT2D eigenvalue weighted by molar-refractivity contribution is 9.10. The van der Waals surface area contributed by atoms with E-state index in [1.54, 1.807) is 18.2 Å². The summed E-state index contributed by atoms with van der Waals surface area (Å²) in [6.07, 6.45) is 0.707. The molecule has 0 aliphatic carbocycles. The summed E-state index contributed by atoms with van der Waals surface area (Å²) in [5, 5.41) is 1.10. The molecule has 2 nitrogen and oxygen atoms in total. The van der Waals surface area contributed by atoms with Crippen molar-refractivity contribution in [3.8, 4) is 5.75 Å². The number of halogens is 3. The molecule has 0 N–H and O–H groups in total. The Labute approximate surface area is 129 Å². The van der Waals surface area contributed by atoms with E-state index < -0.39 is 0 Å². The molecule has 98 valence electrons. The Kier molecular flexibility index (Phi) is 4.86. The molecular weight excluding hydrogens is 351 g/mol. The summed E-state index contributed by atoms with van der Waals surface area (Å²) in [4.78, 5) is 11.0. The minimum atomic E-state index is 0.279. The first-order chi connectivity index (χ1) is 9.11. The molecule has 5 heteroatoms. The quantitative estimate of drug-likeness (QED) is 0.706. The van der Waals surface area contributed by atoms with E-state index in [0.717, 1.165) is 5.56 Å². The van der Waals surface area contributed by atoms with Crippen LogP contribution in [0.25, 0.3) is 0 Å². The lowest BCUT2D eigenvalue weighted by molar-refractivity contribution is 0.111. The molecule has 0 atom stereocenters. The fourth-order valence-corrected chi connectivity index (χ4v) is 2.72. The zero-order valence-electron chi connectivity index (χ0n) is 9.70. The molecule has 2 aromatic carbocycles. The van der Waals surface area contributed by atoms with E-state index in [0.29, 0.717) is 32.1 Å². The highest BCUT2D eigenvalue weighted by Crippen LogP contribution is 2.32. The summed E-state index contributed by atoms with van der Waals surface area (Å²) in [5.41, 5.74) is 1.24. The van der Waals surface area contributed by atoms with Gasteiger partial charge < -0.3 is 4.74 Å². The zero-order chi connectivity index (χ0) is 13.8. The van der Waals surface area contributed by atoms with Gasteiger partial charge in [0.25, 0.3) is 0 Å². The van der Waals surface area contributed by atoms with Gasteiger partial charge in [0, 0.05) is 15.6 Å². The number of carbonyl (C=O) groups is 1. The minimum absolute atomic E-state index is 0.279. The normalized spacial score (nSPS) is 10.3. The molecule has 2 aromatic rings. The molecule has 0 amide bonds. The molecule has 2 rings (SSSR count). The van der Waals surface area contributed by atoms with Crippen LogP contribution in [0.4, 0.5) is 0 Å². The first-order valence-electron chi connectivity index (χ1n) is 5.42.